The van der Waals surface area contributed by atoms with E-state index in [4.69, 9.17) is 32.0 Å². The molecule has 15 heteroatoms. The number of alkyl halides is 3. The highest BCUT2D eigenvalue weighted by molar-refractivity contribution is 6.30. The number of aromatic nitrogens is 3. The van der Waals surface area contributed by atoms with Crippen molar-refractivity contribution in [3.63, 3.8) is 0 Å². The number of aromatic amines is 1. The molecule has 0 spiro atoms. The number of carbonyl (C=O) groups is 1. The third kappa shape index (κ3) is 8.43. The Balaban J connectivity index is 0.000000470. The summed E-state index contributed by atoms with van der Waals surface area (Å²) in [7, 11) is 0. The Morgan fingerprint density at radius 3 is 2.38 bits per heavy atom. The van der Waals surface area contributed by atoms with Gasteiger partial charge in [-0.2, -0.15) is 18.2 Å². The third-order valence-electron chi connectivity index (χ3n) is 7.45. The second kappa shape index (κ2) is 13.3. The molecule has 1 aromatic heterocycles. The van der Waals surface area contributed by atoms with E-state index in [9.17, 15) is 18.3 Å². The molecule has 3 aliphatic rings. The van der Waals surface area contributed by atoms with Crippen molar-refractivity contribution in [2.75, 3.05) is 56.5 Å². The lowest BCUT2D eigenvalue weighted by molar-refractivity contribution is -0.192. The number of carboxylic acids is 1. The molecule has 5 rings (SSSR count). The summed E-state index contributed by atoms with van der Waals surface area (Å²) in [4.78, 5) is 20.4. The Labute approximate surface area is 235 Å². The molecule has 0 saturated carbocycles. The fourth-order valence-corrected chi connectivity index (χ4v) is 5.60. The molecular weight excluding hydrogens is 555 g/mol. The van der Waals surface area contributed by atoms with E-state index >= 15 is 0 Å². The van der Waals surface area contributed by atoms with Crippen molar-refractivity contribution in [2.45, 2.75) is 56.2 Å². The number of likely N-dealkylation sites (tertiary alicyclic amines) is 1. The fraction of sp³-hybridized carbons (Fsp3) is 0.640. The number of hydrogen-bond donors (Lipinski definition) is 4. The molecule has 0 aliphatic carbocycles. The number of rotatable bonds is 6. The smallest absolute Gasteiger partial charge is 0.475 e. The number of ether oxygens (including phenoxy) is 1. The van der Waals surface area contributed by atoms with Crippen LogP contribution in [0.3, 0.4) is 0 Å². The summed E-state index contributed by atoms with van der Waals surface area (Å²) in [6.45, 7) is 6.06. The predicted molar refractivity (Wildman–Crippen MR) is 142 cm³/mol. The van der Waals surface area contributed by atoms with E-state index in [-0.39, 0.29) is 12.2 Å². The minimum absolute atomic E-state index is 0.169. The molecule has 222 valence electrons. The van der Waals surface area contributed by atoms with E-state index in [1.807, 2.05) is 12.1 Å². The van der Waals surface area contributed by atoms with Gasteiger partial charge in [0.05, 0.1) is 18.8 Å². The summed E-state index contributed by atoms with van der Waals surface area (Å²) >= 11 is 6.10. The Kier molecular flexibility index (Phi) is 10.1. The maximum atomic E-state index is 10.6. The number of nitrogen functional groups attached to an aromatic ring is 1. The maximum absolute atomic E-state index is 10.6. The number of aliphatic hydroxyl groups is 1. The number of aliphatic hydroxyl groups excluding tert-OH is 1. The molecule has 3 aliphatic heterocycles. The van der Waals surface area contributed by atoms with Crippen LogP contribution in [0.4, 0.5) is 25.1 Å². The number of nitrogens with zero attached hydrogens (tertiary/aromatic N) is 5. The van der Waals surface area contributed by atoms with Crippen molar-refractivity contribution in [1.29, 1.82) is 0 Å². The zero-order valence-electron chi connectivity index (χ0n) is 21.9. The monoisotopic (exact) mass is 589 g/mol. The van der Waals surface area contributed by atoms with E-state index in [0.29, 0.717) is 24.0 Å². The number of nitrogens with two attached hydrogens (primary N) is 1. The number of piperidine rings is 1. The number of β-amino-alcohol motifs (C(OH)–C–C–N with tert-alkyl or cyclic N) is 1. The van der Waals surface area contributed by atoms with Crippen LogP contribution in [0.5, 0.6) is 0 Å². The molecule has 40 heavy (non-hydrogen) atoms. The van der Waals surface area contributed by atoms with Gasteiger partial charge >= 0.3 is 12.1 Å². The highest BCUT2D eigenvalue weighted by Gasteiger charge is 2.38. The normalized spacial score (nSPS) is 25.0. The summed E-state index contributed by atoms with van der Waals surface area (Å²) in [5.74, 6) is -1.71. The molecule has 3 atom stereocenters. The number of anilines is 2. The number of morpholine rings is 1. The van der Waals surface area contributed by atoms with Gasteiger partial charge in [0.25, 0.3) is 0 Å². The third-order valence-corrected chi connectivity index (χ3v) is 7.70. The molecule has 0 radical (unpaired) electrons. The molecular formula is C25H35ClF3N7O4. The summed E-state index contributed by atoms with van der Waals surface area (Å²) in [5.41, 5.74) is 7.00. The molecule has 3 fully saturated rings. The zero-order valence-corrected chi connectivity index (χ0v) is 22.7. The molecule has 0 amide bonds. The van der Waals surface area contributed by atoms with E-state index in [0.717, 1.165) is 76.6 Å². The second-order valence-corrected chi connectivity index (χ2v) is 10.8. The van der Waals surface area contributed by atoms with E-state index in [1.54, 1.807) is 0 Å². The predicted octanol–water partition coefficient (Wildman–Crippen LogP) is 2.02. The van der Waals surface area contributed by atoms with Crippen LogP contribution in [0, 0.1) is 0 Å². The lowest BCUT2D eigenvalue weighted by Crippen LogP contribution is -2.58. The van der Waals surface area contributed by atoms with Crippen molar-refractivity contribution in [3.05, 3.63) is 34.9 Å². The van der Waals surface area contributed by atoms with Gasteiger partial charge in [0.2, 0.25) is 11.9 Å². The Morgan fingerprint density at radius 1 is 1.15 bits per heavy atom. The van der Waals surface area contributed by atoms with Crippen LogP contribution in [-0.4, -0.2) is 118 Å². The van der Waals surface area contributed by atoms with Gasteiger partial charge in [-0.15, -0.1) is 5.10 Å². The number of nitrogens with one attached hydrogen (secondary N) is 1. The van der Waals surface area contributed by atoms with E-state index in [2.05, 4.69) is 42.0 Å². The number of aliphatic carboxylic acids is 1. The van der Waals surface area contributed by atoms with Crippen molar-refractivity contribution >= 4 is 29.5 Å². The van der Waals surface area contributed by atoms with Crippen LogP contribution in [0.1, 0.15) is 24.8 Å². The molecule has 2 aromatic rings. The van der Waals surface area contributed by atoms with Crippen LogP contribution in [0.2, 0.25) is 5.02 Å². The van der Waals surface area contributed by atoms with Gasteiger partial charge in [-0.25, -0.2) is 9.89 Å². The van der Waals surface area contributed by atoms with Crippen LogP contribution >= 0.6 is 11.6 Å². The Morgan fingerprint density at radius 2 is 1.82 bits per heavy atom. The molecule has 0 bridgehead atoms. The summed E-state index contributed by atoms with van der Waals surface area (Å²) in [6, 6.07) is 9.00. The van der Waals surface area contributed by atoms with Crippen LogP contribution in [0.15, 0.2) is 24.3 Å². The van der Waals surface area contributed by atoms with Crippen molar-refractivity contribution in [2.24, 2.45) is 0 Å². The molecule has 3 saturated heterocycles. The van der Waals surface area contributed by atoms with E-state index in [1.165, 1.54) is 5.56 Å². The van der Waals surface area contributed by atoms with Crippen LogP contribution < -0.4 is 10.6 Å². The maximum Gasteiger partial charge on any atom is 0.490 e. The first-order chi connectivity index (χ1) is 19.0. The van der Waals surface area contributed by atoms with Gasteiger partial charge in [0, 0.05) is 56.4 Å². The average molecular weight is 590 g/mol. The largest absolute Gasteiger partial charge is 0.490 e. The lowest BCUT2D eigenvalue weighted by Gasteiger charge is -2.47. The summed E-state index contributed by atoms with van der Waals surface area (Å²) in [5, 5.41) is 24.8. The molecule has 5 N–H and O–H groups in total. The molecule has 4 heterocycles. The fourth-order valence-electron chi connectivity index (χ4n) is 5.48. The van der Waals surface area contributed by atoms with E-state index < -0.39 is 12.1 Å². The number of carboxylic acid groups (broad SMARTS) is 1. The Bertz CT molecular complexity index is 1100. The molecule has 1 aromatic carbocycles. The first-order valence-electron chi connectivity index (χ1n) is 13.2. The first-order valence-corrected chi connectivity index (χ1v) is 13.6. The van der Waals surface area contributed by atoms with Crippen molar-refractivity contribution in [1.82, 2.24) is 25.0 Å². The van der Waals surface area contributed by atoms with Gasteiger partial charge in [-0.3, -0.25) is 9.80 Å². The van der Waals surface area contributed by atoms with Gasteiger partial charge in [0.15, 0.2) is 0 Å². The zero-order chi connectivity index (χ0) is 28.9. The van der Waals surface area contributed by atoms with Crippen molar-refractivity contribution < 1.29 is 32.9 Å². The number of H-pyrrole nitrogens is 1. The average Bonchev–Trinajstić information content (AvgIpc) is 3.54. The Hall–Kier alpha value is -2.65. The quantitative estimate of drug-likeness (QED) is 0.395. The minimum atomic E-state index is -5.08. The molecule has 0 unspecified atom stereocenters. The standard InChI is InChI=1S/C23H34ClN7O2.C2HF3O2/c24-17-3-1-16(2-4-17)11-19-15-33-21(13-29-8-7-20(32)12-29)14-31(19)18-5-9-30(10-6-18)23-26-22(25)27-28-23;3-2(4,5)1(6)7/h1-4,18-21,32H,5-15H2,(H3,25,26,27,28);(H,6,7)/t19-,20+,21-;/m0./s1. The number of hydrogen-bond acceptors (Lipinski definition) is 9. The van der Waals surface area contributed by atoms with Crippen LogP contribution in [-0.2, 0) is 16.0 Å². The lowest BCUT2D eigenvalue weighted by atomic mass is 9.96. The SMILES string of the molecule is Nc1nc(N2CCC(N3C[C@H](CN4CC[C@@H](O)C4)OC[C@@H]3Cc3ccc(Cl)cc3)CC2)n[nH]1.O=C(O)C(F)(F)F. The topological polar surface area (TPSA) is 144 Å². The highest BCUT2D eigenvalue weighted by Crippen LogP contribution is 2.27. The van der Waals surface area contributed by atoms with Gasteiger partial charge in [-0.1, -0.05) is 23.7 Å². The van der Waals surface area contributed by atoms with Gasteiger partial charge < -0.3 is 25.6 Å². The van der Waals surface area contributed by atoms with Gasteiger partial charge in [0.1, 0.15) is 0 Å². The van der Waals surface area contributed by atoms with Crippen LogP contribution in [0.25, 0.3) is 0 Å². The first kappa shape index (κ1) is 30.3. The van der Waals surface area contributed by atoms with Gasteiger partial charge in [-0.05, 0) is 43.4 Å². The second-order valence-electron chi connectivity index (χ2n) is 10.4. The highest BCUT2D eigenvalue weighted by atomic mass is 35.5. The van der Waals surface area contributed by atoms with Crippen molar-refractivity contribution in [3.8, 4) is 0 Å². The summed E-state index contributed by atoms with van der Waals surface area (Å²) in [6.07, 6.45) is -1.19. The summed E-state index contributed by atoms with van der Waals surface area (Å²) < 4.78 is 38.1. The number of benzene rings is 1. The molecule has 11 nitrogen and oxygen atoms in total. The minimum Gasteiger partial charge on any atom is -0.475 e. The number of halogens is 4.